The Kier molecular flexibility index (Phi) is 5.35. The third-order valence-electron chi connectivity index (χ3n) is 4.08. The zero-order valence-electron chi connectivity index (χ0n) is 15.1. The van der Waals surface area contributed by atoms with Crippen LogP contribution in [0.4, 0.5) is 5.69 Å². The number of nitro groups is 1. The monoisotopic (exact) mass is 398 g/mol. The molecule has 10 nitrogen and oxygen atoms in total. The van der Waals surface area contributed by atoms with Gasteiger partial charge < -0.3 is 9.47 Å². The number of benzene rings is 2. The van der Waals surface area contributed by atoms with E-state index >= 15 is 0 Å². The smallest absolute Gasteiger partial charge is 0.340 e. The molecule has 0 saturated carbocycles. The molecule has 0 aliphatic carbocycles. The molecule has 0 atom stereocenters. The molecule has 0 saturated heterocycles. The van der Waals surface area contributed by atoms with Gasteiger partial charge in [-0.15, -0.1) is 0 Å². The Balaban J connectivity index is 1.79. The number of rotatable bonds is 6. The van der Waals surface area contributed by atoms with Gasteiger partial charge in [0.15, 0.2) is 6.73 Å². The predicted octanol–water partition coefficient (Wildman–Crippen LogP) is 2.18. The van der Waals surface area contributed by atoms with E-state index in [1.54, 1.807) is 19.1 Å². The maximum absolute atomic E-state index is 12.3. The second-order valence-electron chi connectivity index (χ2n) is 5.89. The number of amides is 2. The van der Waals surface area contributed by atoms with E-state index in [4.69, 9.17) is 9.47 Å². The first-order valence-electron chi connectivity index (χ1n) is 8.42. The number of nitrogens with zero attached hydrogens (tertiary/aromatic N) is 2. The van der Waals surface area contributed by atoms with Gasteiger partial charge in [0, 0.05) is 12.1 Å². The number of hydrogen-bond acceptors (Lipinski definition) is 8. The summed E-state index contributed by atoms with van der Waals surface area (Å²) in [5.74, 6) is -3.13. The molecule has 0 aromatic heterocycles. The van der Waals surface area contributed by atoms with Crippen molar-refractivity contribution < 1.29 is 33.6 Å². The Morgan fingerprint density at radius 1 is 0.966 bits per heavy atom. The highest BCUT2D eigenvalue weighted by atomic mass is 16.6. The average molecular weight is 398 g/mol. The first kappa shape index (κ1) is 19.7. The molecule has 0 unspecified atom stereocenters. The Hall–Kier alpha value is -4.08. The van der Waals surface area contributed by atoms with Crippen LogP contribution in [0.2, 0.25) is 0 Å². The number of carbonyl (C=O) groups is 4. The largest absolute Gasteiger partial charge is 0.462 e. The Bertz CT molecular complexity index is 1010. The molecule has 1 heterocycles. The van der Waals surface area contributed by atoms with Crippen LogP contribution in [0.15, 0.2) is 42.5 Å². The molecule has 2 aromatic rings. The van der Waals surface area contributed by atoms with E-state index < -0.39 is 41.1 Å². The zero-order chi connectivity index (χ0) is 21.1. The van der Waals surface area contributed by atoms with Gasteiger partial charge in [0.25, 0.3) is 17.5 Å². The summed E-state index contributed by atoms with van der Waals surface area (Å²) in [7, 11) is 0. The van der Waals surface area contributed by atoms with E-state index in [9.17, 15) is 29.3 Å². The van der Waals surface area contributed by atoms with Crippen molar-refractivity contribution in [3.8, 4) is 0 Å². The molecular weight excluding hydrogens is 384 g/mol. The molecule has 148 valence electrons. The lowest BCUT2D eigenvalue weighted by Crippen LogP contribution is -2.33. The van der Waals surface area contributed by atoms with Crippen LogP contribution in [0.1, 0.15) is 48.4 Å². The van der Waals surface area contributed by atoms with Crippen molar-refractivity contribution in [1.29, 1.82) is 0 Å². The van der Waals surface area contributed by atoms with E-state index in [2.05, 4.69) is 0 Å². The lowest BCUT2D eigenvalue weighted by Gasteiger charge is -2.14. The van der Waals surface area contributed by atoms with Crippen molar-refractivity contribution in [1.82, 2.24) is 4.90 Å². The second kappa shape index (κ2) is 7.89. The van der Waals surface area contributed by atoms with Crippen molar-refractivity contribution in [3.05, 3.63) is 74.8 Å². The van der Waals surface area contributed by atoms with Crippen LogP contribution in [0.5, 0.6) is 0 Å². The third-order valence-corrected chi connectivity index (χ3v) is 4.08. The molecule has 0 spiro atoms. The number of non-ortho nitro benzene ring substituents is 1. The maximum atomic E-state index is 12.3. The first-order valence-corrected chi connectivity index (χ1v) is 8.42. The summed E-state index contributed by atoms with van der Waals surface area (Å²) in [6, 6.07) is 9.12. The van der Waals surface area contributed by atoms with Crippen LogP contribution in [0.25, 0.3) is 0 Å². The second-order valence-corrected chi connectivity index (χ2v) is 5.89. The molecule has 2 aromatic carbocycles. The molecular formula is C19H14N2O8. The van der Waals surface area contributed by atoms with Crippen LogP contribution in [0, 0.1) is 10.1 Å². The minimum atomic E-state index is -1.05. The molecule has 0 bridgehead atoms. The third kappa shape index (κ3) is 3.81. The van der Waals surface area contributed by atoms with E-state index in [-0.39, 0.29) is 28.9 Å². The first-order chi connectivity index (χ1) is 13.8. The molecule has 0 radical (unpaired) electrons. The number of ether oxygens (including phenoxy) is 2. The van der Waals surface area contributed by atoms with Crippen LogP contribution in [-0.2, 0) is 9.47 Å². The van der Waals surface area contributed by atoms with Gasteiger partial charge in [0.05, 0.1) is 33.8 Å². The minimum absolute atomic E-state index is 0.0427. The van der Waals surface area contributed by atoms with Gasteiger partial charge in [-0.3, -0.25) is 19.7 Å². The minimum Gasteiger partial charge on any atom is -0.462 e. The molecule has 0 N–H and O–H groups in total. The molecule has 2 amide bonds. The lowest BCUT2D eigenvalue weighted by molar-refractivity contribution is -0.384. The van der Waals surface area contributed by atoms with Gasteiger partial charge in [0.2, 0.25) is 0 Å². The summed E-state index contributed by atoms with van der Waals surface area (Å²) in [4.78, 5) is 59.8. The lowest BCUT2D eigenvalue weighted by atomic mass is 10.1. The van der Waals surface area contributed by atoms with Crippen molar-refractivity contribution >= 4 is 29.4 Å². The van der Waals surface area contributed by atoms with Gasteiger partial charge in [-0.1, -0.05) is 12.1 Å². The maximum Gasteiger partial charge on any atom is 0.340 e. The number of hydrogen-bond donors (Lipinski definition) is 0. The fourth-order valence-electron chi connectivity index (χ4n) is 2.73. The quantitative estimate of drug-likeness (QED) is 0.313. The summed E-state index contributed by atoms with van der Waals surface area (Å²) < 4.78 is 9.78. The number of carbonyl (C=O) groups excluding carboxylic acids is 4. The molecule has 1 aliphatic rings. The summed E-state index contributed by atoms with van der Waals surface area (Å²) in [5.41, 5.74) is -0.627. The Morgan fingerprint density at radius 2 is 1.48 bits per heavy atom. The van der Waals surface area contributed by atoms with Crippen molar-refractivity contribution in [2.45, 2.75) is 6.92 Å². The highest BCUT2D eigenvalue weighted by Crippen LogP contribution is 2.23. The van der Waals surface area contributed by atoms with E-state index in [0.29, 0.717) is 0 Å². The van der Waals surface area contributed by atoms with Gasteiger partial charge in [-0.2, -0.15) is 0 Å². The van der Waals surface area contributed by atoms with Crippen molar-refractivity contribution in [2.24, 2.45) is 0 Å². The average Bonchev–Trinajstić information content (AvgIpc) is 2.96. The predicted molar refractivity (Wildman–Crippen MR) is 96.3 cm³/mol. The zero-order valence-corrected chi connectivity index (χ0v) is 15.1. The molecule has 10 heteroatoms. The highest BCUT2D eigenvalue weighted by Gasteiger charge is 2.36. The summed E-state index contributed by atoms with van der Waals surface area (Å²) >= 11 is 0. The molecule has 1 aliphatic heterocycles. The van der Waals surface area contributed by atoms with E-state index in [1.165, 1.54) is 12.1 Å². The van der Waals surface area contributed by atoms with Gasteiger partial charge in [-0.05, 0) is 25.1 Å². The van der Waals surface area contributed by atoms with Crippen molar-refractivity contribution in [2.75, 3.05) is 13.3 Å². The normalized spacial score (nSPS) is 12.5. The number of imide groups is 1. The van der Waals surface area contributed by atoms with E-state index in [1.807, 2.05) is 0 Å². The van der Waals surface area contributed by atoms with Crippen LogP contribution >= 0.6 is 0 Å². The SMILES string of the molecule is CCOC(=O)c1cc(C(=O)OCN2C(=O)c3ccccc3C2=O)cc([N+](=O)[O-])c1. The fraction of sp³-hybridized carbons (Fsp3) is 0.158. The molecule has 3 rings (SSSR count). The van der Waals surface area contributed by atoms with Crippen LogP contribution in [-0.4, -0.2) is 46.9 Å². The topological polar surface area (TPSA) is 133 Å². The standard InChI is InChI=1S/C19H14N2O8/c1-2-28-18(24)11-7-12(9-13(8-11)21(26)27)19(25)29-10-20-16(22)14-5-3-4-6-15(14)17(20)23/h3-9H,2,10H2,1H3. The van der Waals surface area contributed by atoms with Gasteiger partial charge >= 0.3 is 11.9 Å². The molecule has 0 fully saturated rings. The van der Waals surface area contributed by atoms with Gasteiger partial charge in [-0.25, -0.2) is 14.5 Å². The highest BCUT2D eigenvalue weighted by molar-refractivity contribution is 6.21. The summed E-state index contributed by atoms with van der Waals surface area (Å²) in [5, 5.41) is 11.1. The van der Waals surface area contributed by atoms with Crippen molar-refractivity contribution in [3.63, 3.8) is 0 Å². The number of fused-ring (bicyclic) bond motifs is 1. The van der Waals surface area contributed by atoms with E-state index in [0.717, 1.165) is 23.1 Å². The molecule has 29 heavy (non-hydrogen) atoms. The van der Waals surface area contributed by atoms with Gasteiger partial charge in [0.1, 0.15) is 0 Å². The summed E-state index contributed by atoms with van der Waals surface area (Å²) in [6.45, 7) is 0.927. The number of esters is 2. The number of nitro benzene ring substituents is 1. The Labute approximate surface area is 163 Å². The summed E-state index contributed by atoms with van der Waals surface area (Å²) in [6.07, 6.45) is 0. The van der Waals surface area contributed by atoms with Crippen LogP contribution in [0.3, 0.4) is 0 Å². The fourth-order valence-corrected chi connectivity index (χ4v) is 2.73. The Morgan fingerprint density at radius 3 is 1.97 bits per heavy atom. The van der Waals surface area contributed by atoms with Crippen LogP contribution < -0.4 is 0 Å².